The Balaban J connectivity index is 2.34. The molecule has 1 aromatic rings. The fourth-order valence-corrected chi connectivity index (χ4v) is 7.76. The lowest BCUT2D eigenvalue weighted by Gasteiger charge is -2.43. The van der Waals surface area contributed by atoms with Gasteiger partial charge in [-0.1, -0.05) is 80.0 Å². The van der Waals surface area contributed by atoms with Crippen LogP contribution in [-0.2, 0) is 0 Å². The van der Waals surface area contributed by atoms with Crippen LogP contribution in [0.4, 0.5) is 0 Å². The van der Waals surface area contributed by atoms with Gasteiger partial charge in [0.15, 0.2) is 0 Å². The molecule has 1 aliphatic rings. The molecule has 0 saturated heterocycles. The van der Waals surface area contributed by atoms with E-state index >= 15 is 0 Å². The largest absolute Gasteiger partial charge is 0.389 e. The van der Waals surface area contributed by atoms with Crippen LogP contribution in [0.5, 0.6) is 0 Å². The van der Waals surface area contributed by atoms with Crippen LogP contribution in [0.15, 0.2) is 54.6 Å². The molecule has 138 valence electrons. The molecule has 1 aliphatic carbocycles. The van der Waals surface area contributed by atoms with Crippen molar-refractivity contribution in [2.45, 2.75) is 76.6 Å². The average Bonchev–Trinajstić information content (AvgIpc) is 2.63. The molecule has 0 spiro atoms. The molecule has 1 N–H and O–H groups in total. The molecule has 25 heavy (non-hydrogen) atoms. The van der Waals surface area contributed by atoms with E-state index < -0.39 is 13.3 Å². The standard InChI is InChI=1S/C23H36OSi/c1-5-6-13-18-23(24,20(2)19-21-14-9-7-10-15-21)25(3,4)22-16-11-8-12-17-22/h5,8,11-12,16-17,19,21,24H,1,6-7,9-10,13-15,18H2,2-4H3/b20-19+/t23-/m0/s1. The first-order valence-electron chi connectivity index (χ1n) is 9.99. The molecule has 0 amide bonds. The average molecular weight is 357 g/mol. The van der Waals surface area contributed by atoms with Gasteiger partial charge in [-0.25, -0.2) is 0 Å². The monoisotopic (exact) mass is 356 g/mol. The molecule has 0 bridgehead atoms. The molecule has 1 fully saturated rings. The molecule has 0 aliphatic heterocycles. The Bertz CT molecular complexity index is 569. The van der Waals surface area contributed by atoms with Crippen LogP contribution >= 0.6 is 0 Å². The Labute approximate surface area is 155 Å². The summed E-state index contributed by atoms with van der Waals surface area (Å²) in [6.07, 6.45) is 13.8. The van der Waals surface area contributed by atoms with Gasteiger partial charge in [0.2, 0.25) is 0 Å². The number of rotatable bonds is 8. The Morgan fingerprint density at radius 3 is 2.44 bits per heavy atom. The molecule has 1 saturated carbocycles. The summed E-state index contributed by atoms with van der Waals surface area (Å²) in [5, 5.41) is 12.6. The third-order valence-corrected chi connectivity index (χ3v) is 10.8. The van der Waals surface area contributed by atoms with E-state index in [1.807, 2.05) is 6.08 Å². The van der Waals surface area contributed by atoms with Gasteiger partial charge < -0.3 is 5.11 Å². The Kier molecular flexibility index (Phi) is 7.27. The summed E-state index contributed by atoms with van der Waals surface area (Å²) >= 11 is 0. The Hall–Kier alpha value is -1.12. The van der Waals surface area contributed by atoms with E-state index in [9.17, 15) is 5.11 Å². The van der Waals surface area contributed by atoms with Crippen molar-refractivity contribution in [1.29, 1.82) is 0 Å². The predicted octanol–water partition coefficient (Wildman–Crippen LogP) is 5.76. The van der Waals surface area contributed by atoms with Crippen LogP contribution in [0.1, 0.15) is 58.3 Å². The second-order valence-corrected chi connectivity index (χ2v) is 12.9. The van der Waals surface area contributed by atoms with Crippen LogP contribution in [-0.4, -0.2) is 18.4 Å². The molecular formula is C23H36OSi. The predicted molar refractivity (Wildman–Crippen MR) is 113 cm³/mol. The molecule has 0 aromatic heterocycles. The van der Waals surface area contributed by atoms with Crippen molar-refractivity contribution in [2.24, 2.45) is 5.92 Å². The number of hydrogen-bond acceptors (Lipinski definition) is 1. The summed E-state index contributed by atoms with van der Waals surface area (Å²) < 4.78 is 0. The van der Waals surface area contributed by atoms with Crippen molar-refractivity contribution < 1.29 is 5.11 Å². The lowest BCUT2D eigenvalue weighted by molar-refractivity contribution is 0.140. The van der Waals surface area contributed by atoms with Gasteiger partial charge in [-0.2, -0.15) is 0 Å². The summed E-state index contributed by atoms with van der Waals surface area (Å²) in [7, 11) is -2.08. The van der Waals surface area contributed by atoms with Crippen LogP contribution in [0.3, 0.4) is 0 Å². The maximum atomic E-state index is 12.0. The van der Waals surface area contributed by atoms with Crippen LogP contribution in [0.25, 0.3) is 0 Å². The zero-order valence-electron chi connectivity index (χ0n) is 16.4. The number of hydrogen-bond donors (Lipinski definition) is 1. The first-order chi connectivity index (χ1) is 11.9. The van der Waals surface area contributed by atoms with Gasteiger partial charge in [-0.3, -0.25) is 0 Å². The lowest BCUT2D eigenvalue weighted by Crippen LogP contribution is -2.63. The van der Waals surface area contributed by atoms with E-state index in [1.54, 1.807) is 0 Å². The first kappa shape index (κ1) is 20.2. The molecule has 0 heterocycles. The van der Waals surface area contributed by atoms with Crippen LogP contribution in [0.2, 0.25) is 13.1 Å². The van der Waals surface area contributed by atoms with E-state index in [1.165, 1.54) is 42.9 Å². The minimum Gasteiger partial charge on any atom is -0.389 e. The summed E-state index contributed by atoms with van der Waals surface area (Å²) in [6, 6.07) is 10.7. The fourth-order valence-electron chi connectivity index (χ4n) is 4.39. The highest BCUT2D eigenvalue weighted by atomic mass is 28.3. The van der Waals surface area contributed by atoms with Crippen molar-refractivity contribution in [2.75, 3.05) is 0 Å². The fraction of sp³-hybridized carbons (Fsp3) is 0.565. The molecule has 1 atom stereocenters. The smallest absolute Gasteiger partial charge is 0.122 e. The highest BCUT2D eigenvalue weighted by Gasteiger charge is 2.47. The van der Waals surface area contributed by atoms with Gasteiger partial charge >= 0.3 is 0 Å². The summed E-state index contributed by atoms with van der Waals surface area (Å²) in [6.45, 7) is 10.7. The second kappa shape index (κ2) is 9.00. The molecule has 1 nitrogen and oxygen atoms in total. The van der Waals surface area contributed by atoms with Gasteiger partial charge in [0.05, 0.1) is 5.22 Å². The third kappa shape index (κ3) is 4.74. The SMILES string of the molecule is C=CCCC[C@@](O)(/C(C)=C/C1CCCCC1)[Si](C)(C)c1ccccc1. The topological polar surface area (TPSA) is 20.2 Å². The molecule has 1 aromatic carbocycles. The number of benzene rings is 1. The zero-order chi connectivity index (χ0) is 18.3. The normalized spacial score (nSPS) is 19.4. The Morgan fingerprint density at radius 2 is 1.84 bits per heavy atom. The third-order valence-electron chi connectivity index (χ3n) is 6.26. The molecule has 0 unspecified atom stereocenters. The molecule has 2 rings (SSSR count). The minimum absolute atomic E-state index is 0.653. The maximum absolute atomic E-state index is 12.0. The van der Waals surface area contributed by atoms with Gasteiger partial charge in [0, 0.05) is 0 Å². The molecule has 2 heteroatoms. The second-order valence-electron chi connectivity index (χ2n) is 8.28. The van der Waals surface area contributed by atoms with Gasteiger partial charge in [0.1, 0.15) is 8.07 Å². The maximum Gasteiger partial charge on any atom is 0.122 e. The van der Waals surface area contributed by atoms with Gasteiger partial charge in [-0.05, 0) is 50.5 Å². The van der Waals surface area contributed by atoms with Crippen LogP contribution in [0, 0.1) is 5.92 Å². The summed E-state index contributed by atoms with van der Waals surface area (Å²) in [5.74, 6) is 0.653. The molecular weight excluding hydrogens is 320 g/mol. The lowest BCUT2D eigenvalue weighted by atomic mass is 9.87. The summed E-state index contributed by atoms with van der Waals surface area (Å²) in [4.78, 5) is 0. The number of unbranched alkanes of at least 4 members (excludes halogenated alkanes) is 1. The van der Waals surface area contributed by atoms with Gasteiger partial charge in [-0.15, -0.1) is 6.58 Å². The summed E-state index contributed by atoms with van der Waals surface area (Å²) in [5.41, 5.74) is 1.21. The van der Waals surface area contributed by atoms with E-state index in [0.717, 1.165) is 19.3 Å². The Morgan fingerprint density at radius 1 is 1.20 bits per heavy atom. The van der Waals surface area contributed by atoms with Crippen LogP contribution < -0.4 is 5.19 Å². The molecule has 0 radical (unpaired) electrons. The van der Waals surface area contributed by atoms with Gasteiger partial charge in [0.25, 0.3) is 0 Å². The van der Waals surface area contributed by atoms with Crippen molar-refractivity contribution in [3.8, 4) is 0 Å². The highest BCUT2D eigenvalue weighted by Crippen LogP contribution is 2.36. The highest BCUT2D eigenvalue weighted by molar-refractivity contribution is 6.92. The number of allylic oxidation sites excluding steroid dienone is 2. The van der Waals surface area contributed by atoms with Crippen molar-refractivity contribution >= 4 is 13.3 Å². The minimum atomic E-state index is -2.08. The zero-order valence-corrected chi connectivity index (χ0v) is 17.4. The van der Waals surface area contributed by atoms with Crippen molar-refractivity contribution in [3.05, 3.63) is 54.6 Å². The van der Waals surface area contributed by atoms with Crippen molar-refractivity contribution in [1.82, 2.24) is 0 Å². The quantitative estimate of drug-likeness (QED) is 0.357. The number of aliphatic hydroxyl groups is 1. The first-order valence-corrected chi connectivity index (χ1v) is 13.0. The van der Waals surface area contributed by atoms with E-state index in [2.05, 4.69) is 63.0 Å². The van der Waals surface area contributed by atoms with E-state index in [0.29, 0.717) is 5.92 Å². The van der Waals surface area contributed by atoms with Crippen molar-refractivity contribution in [3.63, 3.8) is 0 Å². The van der Waals surface area contributed by atoms with E-state index in [4.69, 9.17) is 0 Å². The van der Waals surface area contributed by atoms with E-state index in [-0.39, 0.29) is 0 Å².